The van der Waals surface area contributed by atoms with Crippen molar-refractivity contribution in [2.24, 2.45) is 29.6 Å². The number of fused-ring (bicyclic) bond motifs is 3. The Bertz CT molecular complexity index is 997. The summed E-state index contributed by atoms with van der Waals surface area (Å²) < 4.78 is 38.5. The molecule has 2 aliphatic carbocycles. The van der Waals surface area contributed by atoms with E-state index < -0.39 is 47.6 Å². The Morgan fingerprint density at radius 3 is 2.64 bits per heavy atom. The Morgan fingerprint density at radius 1 is 1.18 bits per heavy atom. The van der Waals surface area contributed by atoms with Crippen molar-refractivity contribution in [3.8, 4) is 0 Å². The maximum Gasteiger partial charge on any atom is 0.333 e. The topological polar surface area (TPSA) is 107 Å². The van der Waals surface area contributed by atoms with Crippen molar-refractivity contribution in [1.29, 1.82) is 0 Å². The van der Waals surface area contributed by atoms with Crippen LogP contribution in [0.5, 0.6) is 0 Å². The van der Waals surface area contributed by atoms with E-state index in [0.29, 0.717) is 25.2 Å². The highest BCUT2D eigenvalue weighted by atomic mass is 16.9. The number of rotatable bonds is 7. The highest BCUT2D eigenvalue weighted by Gasteiger charge is 2.71. The first-order valence-corrected chi connectivity index (χ1v) is 14.6. The van der Waals surface area contributed by atoms with E-state index in [1.165, 1.54) is 0 Å². The lowest BCUT2D eigenvalue weighted by molar-refractivity contribution is -0.310. The molecule has 5 rings (SSSR count). The molecule has 0 amide bonds. The van der Waals surface area contributed by atoms with Gasteiger partial charge in [-0.1, -0.05) is 33.8 Å². The fourth-order valence-corrected chi connectivity index (χ4v) is 7.53. The van der Waals surface area contributed by atoms with E-state index in [2.05, 4.69) is 20.4 Å². The van der Waals surface area contributed by atoms with Gasteiger partial charge in [0, 0.05) is 29.7 Å². The number of ether oxygens (including phenoxy) is 6. The van der Waals surface area contributed by atoms with Gasteiger partial charge < -0.3 is 33.2 Å². The monoisotopic (exact) mass is 548 g/mol. The lowest BCUT2D eigenvalue weighted by atomic mass is 9.73. The summed E-state index contributed by atoms with van der Waals surface area (Å²) in [6, 6.07) is 0. The molecule has 11 atom stereocenters. The van der Waals surface area contributed by atoms with Crippen LogP contribution in [0, 0.1) is 29.6 Å². The molecule has 0 aromatic rings. The minimum Gasteiger partial charge on any atom is -0.456 e. The molecule has 39 heavy (non-hydrogen) atoms. The third-order valence-corrected chi connectivity index (χ3v) is 9.65. The lowest BCUT2D eigenvalue weighted by Gasteiger charge is -2.41. The van der Waals surface area contributed by atoms with Gasteiger partial charge in [-0.25, -0.2) is 4.79 Å². The van der Waals surface area contributed by atoms with Gasteiger partial charge in [0.2, 0.25) is 5.79 Å². The molecule has 0 N–H and O–H groups in total. The van der Waals surface area contributed by atoms with Crippen molar-refractivity contribution >= 4 is 18.0 Å². The zero-order chi connectivity index (χ0) is 28.2. The number of carbonyl (C=O) groups is 3. The van der Waals surface area contributed by atoms with Crippen molar-refractivity contribution in [2.75, 3.05) is 13.2 Å². The average molecular weight is 549 g/mol. The fourth-order valence-electron chi connectivity index (χ4n) is 7.53. The summed E-state index contributed by atoms with van der Waals surface area (Å²) in [5.41, 5.74) is 0.262. The molecule has 0 radical (unpaired) electrons. The van der Waals surface area contributed by atoms with Crippen LogP contribution in [-0.2, 0) is 42.8 Å². The standard InChI is InChI=1S/C30H44O9/c1-7-8-21-9-10-29(19(5)24(21)32)38-26-25-23(15-35-30(26,39-29)16-34-27(33)17(2)3)36-28(6,37-25)22-12-18(4)11-20(13-22)14-31/h14,18-23,25-26H,2,7-13,15-16H2,1,3-6H3/t18?,19?,20?,21?,22?,23-,25-,26+,28?,29?,30-/m1/s1. The van der Waals surface area contributed by atoms with Crippen molar-refractivity contribution in [1.82, 2.24) is 0 Å². The van der Waals surface area contributed by atoms with Gasteiger partial charge in [0.1, 0.15) is 37.0 Å². The van der Waals surface area contributed by atoms with Gasteiger partial charge in [0.05, 0.1) is 12.5 Å². The van der Waals surface area contributed by atoms with Gasteiger partial charge in [-0.3, -0.25) is 4.79 Å². The van der Waals surface area contributed by atoms with Crippen LogP contribution in [-0.4, -0.2) is 66.9 Å². The summed E-state index contributed by atoms with van der Waals surface area (Å²) in [5, 5.41) is 0. The first-order chi connectivity index (χ1) is 18.5. The van der Waals surface area contributed by atoms with E-state index in [1.54, 1.807) is 6.92 Å². The Labute approximate surface area is 231 Å². The normalized spacial score (nSPS) is 47.5. The van der Waals surface area contributed by atoms with Crippen molar-refractivity contribution in [3.05, 3.63) is 12.2 Å². The Morgan fingerprint density at radius 2 is 1.95 bits per heavy atom. The SMILES string of the molecule is C=C(C)C(=O)OC[C@]12OC[C@H]3OC(C)(C4CC(C)CC(C=O)C4)O[C@H]3[C@@H]1OC1(CCC(CCC)C(=O)C1C)O2. The summed E-state index contributed by atoms with van der Waals surface area (Å²) in [6.07, 6.45) is 4.67. The molecular formula is C30H44O9. The maximum absolute atomic E-state index is 13.4. The molecule has 2 saturated carbocycles. The van der Waals surface area contributed by atoms with E-state index >= 15 is 0 Å². The van der Waals surface area contributed by atoms with Crippen LogP contribution in [0.2, 0.25) is 0 Å². The second-order valence-electron chi connectivity index (χ2n) is 12.7. The molecule has 5 aliphatic rings. The first-order valence-electron chi connectivity index (χ1n) is 14.6. The highest BCUT2D eigenvalue weighted by molar-refractivity contribution is 5.87. The summed E-state index contributed by atoms with van der Waals surface area (Å²) in [4.78, 5) is 37.4. The maximum atomic E-state index is 13.4. The minimum absolute atomic E-state index is 0.0234. The van der Waals surface area contributed by atoms with Crippen LogP contribution >= 0.6 is 0 Å². The lowest BCUT2D eigenvalue weighted by Crippen LogP contribution is -2.60. The van der Waals surface area contributed by atoms with Crippen LogP contribution < -0.4 is 0 Å². The van der Waals surface area contributed by atoms with E-state index in [0.717, 1.165) is 32.0 Å². The third kappa shape index (κ3) is 5.03. The molecule has 5 fully saturated rings. The minimum atomic E-state index is -1.45. The zero-order valence-electron chi connectivity index (χ0n) is 23.9. The van der Waals surface area contributed by atoms with Crippen LogP contribution in [0.25, 0.3) is 0 Å². The zero-order valence-corrected chi connectivity index (χ0v) is 23.9. The summed E-state index contributed by atoms with van der Waals surface area (Å²) in [7, 11) is 0. The van der Waals surface area contributed by atoms with E-state index in [9.17, 15) is 14.4 Å². The number of esters is 1. The number of hydrogen-bond donors (Lipinski definition) is 0. The van der Waals surface area contributed by atoms with E-state index in [4.69, 9.17) is 28.4 Å². The number of hydrogen-bond acceptors (Lipinski definition) is 9. The van der Waals surface area contributed by atoms with Gasteiger partial charge in [-0.05, 0) is 51.9 Å². The van der Waals surface area contributed by atoms with Crippen LogP contribution in [0.3, 0.4) is 0 Å². The first kappa shape index (κ1) is 28.9. The van der Waals surface area contributed by atoms with Gasteiger partial charge >= 0.3 is 5.97 Å². The van der Waals surface area contributed by atoms with Crippen LogP contribution in [0.4, 0.5) is 0 Å². The summed E-state index contributed by atoms with van der Waals surface area (Å²) >= 11 is 0. The van der Waals surface area contributed by atoms with Crippen LogP contribution in [0.1, 0.15) is 79.6 Å². The number of ketones is 1. The van der Waals surface area contributed by atoms with Gasteiger partial charge in [0.15, 0.2) is 11.6 Å². The van der Waals surface area contributed by atoms with Crippen LogP contribution in [0.15, 0.2) is 12.2 Å². The van der Waals surface area contributed by atoms with E-state index in [-0.39, 0.29) is 42.3 Å². The molecule has 0 aromatic carbocycles. The molecule has 9 nitrogen and oxygen atoms in total. The quantitative estimate of drug-likeness (QED) is 0.264. The second kappa shape index (κ2) is 10.6. The van der Waals surface area contributed by atoms with Gasteiger partial charge in [-0.2, -0.15) is 0 Å². The number of Topliss-reactive ketones (excluding diaryl/α,β-unsaturated/α-hetero) is 1. The molecule has 218 valence electrons. The number of aldehydes is 1. The third-order valence-electron chi connectivity index (χ3n) is 9.65. The molecule has 1 spiro atoms. The highest BCUT2D eigenvalue weighted by Crippen LogP contribution is 2.55. The summed E-state index contributed by atoms with van der Waals surface area (Å²) in [5.74, 6) is -4.19. The molecule has 7 unspecified atom stereocenters. The predicted octanol–water partition coefficient (Wildman–Crippen LogP) is 4.11. The molecule has 3 saturated heterocycles. The van der Waals surface area contributed by atoms with Crippen molar-refractivity contribution in [2.45, 2.75) is 115 Å². The smallest absolute Gasteiger partial charge is 0.333 e. The molecule has 0 bridgehead atoms. The Kier molecular flexibility index (Phi) is 7.87. The van der Waals surface area contributed by atoms with Crippen molar-refractivity contribution in [3.63, 3.8) is 0 Å². The number of carbonyl (C=O) groups excluding carboxylic acids is 3. The van der Waals surface area contributed by atoms with Gasteiger partial charge in [-0.15, -0.1) is 0 Å². The molecule has 3 aliphatic heterocycles. The largest absolute Gasteiger partial charge is 0.456 e. The Hall–Kier alpha value is -1.65. The fraction of sp³-hybridized carbons (Fsp3) is 0.833. The summed E-state index contributed by atoms with van der Waals surface area (Å²) in [6.45, 7) is 13.2. The second-order valence-corrected chi connectivity index (χ2v) is 12.7. The molecule has 0 aromatic heterocycles. The molecular weight excluding hydrogens is 504 g/mol. The van der Waals surface area contributed by atoms with Gasteiger partial charge in [0.25, 0.3) is 0 Å². The van der Waals surface area contributed by atoms with Crippen molar-refractivity contribution < 1.29 is 42.8 Å². The molecule has 9 heteroatoms. The average Bonchev–Trinajstić information content (AvgIpc) is 3.43. The predicted molar refractivity (Wildman–Crippen MR) is 139 cm³/mol. The van der Waals surface area contributed by atoms with E-state index in [1.807, 2.05) is 13.8 Å². The molecule has 3 heterocycles. The Balaban J connectivity index is 1.43.